The third kappa shape index (κ3) is 4.26. The van der Waals surface area contributed by atoms with E-state index < -0.39 is 0 Å². The predicted octanol–water partition coefficient (Wildman–Crippen LogP) is 3.18. The highest BCUT2D eigenvalue weighted by atomic mass is 32.1. The number of phenolic OH excluding ortho intramolecular Hbond substituents is 1. The first kappa shape index (κ1) is 15.4. The third-order valence-corrected chi connectivity index (χ3v) is 3.50. The van der Waals surface area contributed by atoms with Gasteiger partial charge in [-0.15, -0.1) is 0 Å². The Hall–Kier alpha value is -1.94. The predicted molar refractivity (Wildman–Crippen MR) is 88.7 cm³/mol. The maximum Gasteiger partial charge on any atom is 0.205 e. The zero-order valence-electron chi connectivity index (χ0n) is 12.1. The Morgan fingerprint density at radius 2 is 2.10 bits per heavy atom. The van der Waals surface area contributed by atoms with Crippen molar-refractivity contribution < 1.29 is 14.4 Å². The molecule has 1 heterocycles. The van der Waals surface area contributed by atoms with Gasteiger partial charge in [-0.1, -0.05) is 0 Å². The van der Waals surface area contributed by atoms with Gasteiger partial charge in [0.2, 0.25) is 5.69 Å². The van der Waals surface area contributed by atoms with Crippen LogP contribution in [0.25, 0.3) is 12.2 Å². The molecule has 0 aliphatic rings. The van der Waals surface area contributed by atoms with Crippen molar-refractivity contribution in [2.75, 3.05) is 12.9 Å². The Morgan fingerprint density at radius 1 is 1.24 bits per heavy atom. The van der Waals surface area contributed by atoms with Crippen LogP contribution in [0.2, 0.25) is 0 Å². The number of nitrogens with zero attached hydrogens (tertiary/aromatic N) is 1. The summed E-state index contributed by atoms with van der Waals surface area (Å²) in [5, 5.41) is 9.48. The van der Waals surface area contributed by atoms with E-state index in [2.05, 4.69) is 29.5 Å². The monoisotopic (exact) mass is 302 g/mol. The zero-order valence-corrected chi connectivity index (χ0v) is 13.0. The average Bonchev–Trinajstić information content (AvgIpc) is 2.52. The molecule has 4 heteroatoms. The molecule has 3 nitrogen and oxygen atoms in total. The van der Waals surface area contributed by atoms with Crippen LogP contribution in [0.5, 0.6) is 11.5 Å². The Labute approximate surface area is 130 Å². The number of rotatable bonds is 6. The van der Waals surface area contributed by atoms with Gasteiger partial charge in [-0.2, -0.15) is 17.2 Å². The molecule has 21 heavy (non-hydrogen) atoms. The fourth-order valence-corrected chi connectivity index (χ4v) is 2.24. The Balaban J connectivity index is 2.25. The lowest BCUT2D eigenvalue weighted by atomic mass is 10.1. The van der Waals surface area contributed by atoms with Crippen molar-refractivity contribution in [1.82, 2.24) is 0 Å². The van der Waals surface area contributed by atoms with Crippen molar-refractivity contribution in [3.05, 3.63) is 53.9 Å². The molecule has 0 spiro atoms. The van der Waals surface area contributed by atoms with Gasteiger partial charge in [-0.3, -0.25) is 0 Å². The number of hydrogen-bond acceptors (Lipinski definition) is 3. The molecule has 1 N–H and O–H groups in total. The molecule has 0 aliphatic carbocycles. The van der Waals surface area contributed by atoms with E-state index in [1.54, 1.807) is 19.2 Å². The Bertz CT molecular complexity index is 626. The minimum absolute atomic E-state index is 0.201. The molecule has 2 aromatic rings. The van der Waals surface area contributed by atoms with Crippen molar-refractivity contribution in [2.24, 2.45) is 0 Å². The number of benzene rings is 1. The lowest BCUT2D eigenvalue weighted by Crippen LogP contribution is -2.36. The maximum absolute atomic E-state index is 9.48. The van der Waals surface area contributed by atoms with Gasteiger partial charge in [0.1, 0.15) is 18.0 Å². The summed E-state index contributed by atoms with van der Waals surface area (Å²) in [5.74, 6) is 1.73. The van der Waals surface area contributed by atoms with Gasteiger partial charge in [-0.25, -0.2) is 0 Å². The average molecular weight is 302 g/mol. The lowest BCUT2D eigenvalue weighted by Gasteiger charge is -2.05. The van der Waals surface area contributed by atoms with E-state index in [1.165, 1.54) is 0 Å². The molecule has 0 aliphatic heterocycles. The molecule has 0 radical (unpaired) electrons. The van der Waals surface area contributed by atoms with Gasteiger partial charge >= 0.3 is 0 Å². The van der Waals surface area contributed by atoms with E-state index in [0.717, 1.165) is 30.0 Å². The summed E-state index contributed by atoms with van der Waals surface area (Å²) < 4.78 is 7.48. The second kappa shape index (κ2) is 7.74. The fraction of sp³-hybridized carbons (Fsp3) is 0.235. The van der Waals surface area contributed by atoms with E-state index in [0.29, 0.717) is 5.75 Å². The molecule has 110 valence electrons. The van der Waals surface area contributed by atoms with Gasteiger partial charge in [0.25, 0.3) is 0 Å². The largest absolute Gasteiger partial charge is 0.508 e. The highest BCUT2D eigenvalue weighted by molar-refractivity contribution is 7.80. The molecular weight excluding hydrogens is 282 g/mol. The van der Waals surface area contributed by atoms with E-state index >= 15 is 0 Å². The molecule has 1 aromatic carbocycles. The number of aryl methyl sites for hydroxylation is 1. The molecule has 0 bridgehead atoms. The van der Waals surface area contributed by atoms with Gasteiger partial charge in [0.15, 0.2) is 6.20 Å². The van der Waals surface area contributed by atoms with Crippen molar-refractivity contribution in [3.8, 4) is 11.5 Å². The van der Waals surface area contributed by atoms with Crippen LogP contribution in [-0.4, -0.2) is 18.0 Å². The molecule has 0 saturated heterocycles. The summed E-state index contributed by atoms with van der Waals surface area (Å²) in [4.78, 5) is 0. The Morgan fingerprint density at radius 3 is 2.86 bits per heavy atom. The highest BCUT2D eigenvalue weighted by Gasteiger charge is 2.06. The first-order valence-corrected chi connectivity index (χ1v) is 7.52. The number of ether oxygens (including phenoxy) is 1. The van der Waals surface area contributed by atoms with Crippen LogP contribution >= 0.6 is 12.6 Å². The smallest absolute Gasteiger partial charge is 0.205 e. The number of thiol groups is 1. The molecule has 2 rings (SSSR count). The minimum Gasteiger partial charge on any atom is -0.508 e. The number of pyridine rings is 1. The number of aromatic hydroxyl groups is 1. The first-order valence-electron chi connectivity index (χ1n) is 6.89. The number of aromatic nitrogens is 1. The quantitative estimate of drug-likeness (QED) is 0.635. The van der Waals surface area contributed by atoms with E-state index in [4.69, 9.17) is 4.74 Å². The number of methoxy groups -OCH3 is 1. The van der Waals surface area contributed by atoms with Crippen LogP contribution < -0.4 is 9.30 Å². The van der Waals surface area contributed by atoms with Crippen LogP contribution in [0.4, 0.5) is 0 Å². The van der Waals surface area contributed by atoms with Gasteiger partial charge < -0.3 is 9.84 Å². The summed E-state index contributed by atoms with van der Waals surface area (Å²) in [6.45, 7) is 0.941. The summed E-state index contributed by atoms with van der Waals surface area (Å²) in [7, 11) is 1.60. The molecule has 1 aromatic heterocycles. The topological polar surface area (TPSA) is 33.3 Å². The molecule has 0 atom stereocenters. The molecule has 0 saturated carbocycles. The molecule has 0 amide bonds. The van der Waals surface area contributed by atoms with Crippen LogP contribution in [-0.2, 0) is 6.54 Å². The van der Waals surface area contributed by atoms with Crippen LogP contribution in [0.3, 0.4) is 0 Å². The molecule has 0 unspecified atom stereocenters. The van der Waals surface area contributed by atoms with Gasteiger partial charge in [-0.05, 0) is 30.0 Å². The molecular formula is C17H20NO2S+. The zero-order chi connectivity index (χ0) is 15.1. The fourth-order valence-electron chi connectivity index (χ4n) is 2.10. The third-order valence-electron chi connectivity index (χ3n) is 3.18. The SMILES string of the molecule is COc1cc(O)ccc1/C=C/c1cccc[n+]1CCCS. The normalized spacial score (nSPS) is 11.0. The number of phenols is 1. The first-order chi connectivity index (χ1) is 10.2. The highest BCUT2D eigenvalue weighted by Crippen LogP contribution is 2.25. The standard InChI is InChI=1S/C17H19NO2S/c1-20-17-13-16(19)9-7-14(17)6-8-15-5-2-3-10-18(15)11-4-12-21/h2-3,5-10,13,21H,4,11-12H2,1H3/p+1. The van der Waals surface area contributed by atoms with E-state index in [-0.39, 0.29) is 5.75 Å². The summed E-state index contributed by atoms with van der Waals surface area (Å²) >= 11 is 4.26. The van der Waals surface area contributed by atoms with Gasteiger partial charge in [0.05, 0.1) is 7.11 Å². The second-order valence-corrected chi connectivity index (χ2v) is 5.10. The van der Waals surface area contributed by atoms with Crippen LogP contribution in [0.15, 0.2) is 42.6 Å². The Kier molecular flexibility index (Phi) is 5.69. The van der Waals surface area contributed by atoms with Crippen molar-refractivity contribution in [1.29, 1.82) is 0 Å². The lowest BCUT2D eigenvalue weighted by molar-refractivity contribution is -0.698. The maximum atomic E-state index is 9.48. The summed E-state index contributed by atoms with van der Waals surface area (Å²) in [6, 6.07) is 11.2. The van der Waals surface area contributed by atoms with Crippen molar-refractivity contribution >= 4 is 24.8 Å². The van der Waals surface area contributed by atoms with Crippen LogP contribution in [0.1, 0.15) is 17.7 Å². The van der Waals surface area contributed by atoms with E-state index in [9.17, 15) is 5.11 Å². The van der Waals surface area contributed by atoms with Crippen molar-refractivity contribution in [2.45, 2.75) is 13.0 Å². The van der Waals surface area contributed by atoms with Crippen molar-refractivity contribution in [3.63, 3.8) is 0 Å². The van der Waals surface area contributed by atoms with Gasteiger partial charge in [0, 0.05) is 36.3 Å². The van der Waals surface area contributed by atoms with E-state index in [1.807, 2.05) is 30.4 Å². The summed E-state index contributed by atoms with van der Waals surface area (Å²) in [6.07, 6.45) is 7.14. The minimum atomic E-state index is 0.201. The number of hydrogen-bond donors (Lipinski definition) is 2. The summed E-state index contributed by atoms with van der Waals surface area (Å²) in [5.41, 5.74) is 2.05. The second-order valence-electron chi connectivity index (χ2n) is 4.66. The molecule has 0 fully saturated rings. The van der Waals surface area contributed by atoms with Crippen LogP contribution in [0, 0.1) is 0 Å².